The van der Waals surface area contributed by atoms with Gasteiger partial charge in [-0.2, -0.15) is 0 Å². The van der Waals surface area contributed by atoms with E-state index in [1.165, 1.54) is 33.0 Å². The zero-order valence-corrected chi connectivity index (χ0v) is 14.7. The lowest BCUT2D eigenvalue weighted by molar-refractivity contribution is 0.390. The normalized spacial score (nSPS) is 12.2. The van der Waals surface area contributed by atoms with Crippen LogP contribution in [-0.4, -0.2) is 35.3 Å². The molecule has 1 N–H and O–H groups in total. The maximum absolute atomic E-state index is 12.4. The Morgan fingerprint density at radius 2 is 1.83 bits per heavy atom. The lowest BCUT2D eigenvalue weighted by Gasteiger charge is -2.17. The number of anilines is 2. The van der Waals surface area contributed by atoms with Gasteiger partial charge in [0.2, 0.25) is 10.0 Å². The Kier molecular flexibility index (Phi) is 4.40. The average molecular weight is 359 g/mol. The highest BCUT2D eigenvalue weighted by Crippen LogP contribution is 2.25. The Morgan fingerprint density at radius 1 is 1.17 bits per heavy atom. The molecule has 0 aliphatic carbocycles. The minimum Gasteiger partial charge on any atom is -0.360 e. The topological polar surface area (TPSA) is 110 Å². The molecule has 2 aromatic rings. The third-order valence-corrected chi connectivity index (χ3v) is 6.03. The molecule has 0 fully saturated rings. The fraction of sp³-hybridized carbons (Fsp3) is 0.308. The van der Waals surface area contributed by atoms with Crippen LogP contribution in [0.5, 0.6) is 0 Å². The van der Waals surface area contributed by atoms with Crippen LogP contribution in [0.4, 0.5) is 11.4 Å². The first-order chi connectivity index (χ1) is 10.5. The van der Waals surface area contributed by atoms with Gasteiger partial charge in [0.15, 0.2) is 10.7 Å². The highest BCUT2D eigenvalue weighted by molar-refractivity contribution is 7.93. The lowest BCUT2D eigenvalue weighted by atomic mass is 10.3. The minimum atomic E-state index is -3.88. The van der Waals surface area contributed by atoms with Crippen molar-refractivity contribution >= 4 is 31.4 Å². The summed E-state index contributed by atoms with van der Waals surface area (Å²) < 4.78 is 56.3. The summed E-state index contributed by atoms with van der Waals surface area (Å²) in [7, 11) is -5.94. The van der Waals surface area contributed by atoms with Crippen molar-refractivity contribution in [2.75, 3.05) is 22.3 Å². The third kappa shape index (κ3) is 3.64. The molecule has 0 spiro atoms. The van der Waals surface area contributed by atoms with Crippen LogP contribution in [0, 0.1) is 13.8 Å². The molecule has 1 heterocycles. The van der Waals surface area contributed by atoms with E-state index in [2.05, 4.69) is 9.88 Å². The van der Waals surface area contributed by atoms with Crippen molar-refractivity contribution in [2.24, 2.45) is 0 Å². The van der Waals surface area contributed by atoms with Gasteiger partial charge in [-0.05, 0) is 32.0 Å². The molecular weight excluding hydrogens is 342 g/mol. The van der Waals surface area contributed by atoms with E-state index >= 15 is 0 Å². The number of aromatic nitrogens is 1. The van der Waals surface area contributed by atoms with Gasteiger partial charge in [0, 0.05) is 7.05 Å². The summed E-state index contributed by atoms with van der Waals surface area (Å²) in [6.07, 6.45) is 1.06. The van der Waals surface area contributed by atoms with Gasteiger partial charge in [0.25, 0.3) is 10.0 Å². The SMILES string of the molecule is Cc1noc(C)c1S(=O)(=O)Nc1cccc(N(C)S(C)(=O)=O)c1. The number of aryl methyl sites for hydroxylation is 2. The molecule has 0 atom stereocenters. The van der Waals surface area contributed by atoms with E-state index in [-0.39, 0.29) is 22.0 Å². The molecule has 0 bridgehead atoms. The predicted molar refractivity (Wildman–Crippen MR) is 86.5 cm³/mol. The van der Waals surface area contributed by atoms with Crippen LogP contribution in [0.15, 0.2) is 33.7 Å². The Morgan fingerprint density at radius 3 is 2.35 bits per heavy atom. The molecule has 23 heavy (non-hydrogen) atoms. The molecule has 1 aromatic heterocycles. The molecular formula is C13H17N3O5S2. The predicted octanol–water partition coefficient (Wildman–Crippen LogP) is 1.49. The van der Waals surface area contributed by atoms with E-state index < -0.39 is 20.0 Å². The second-order valence-corrected chi connectivity index (χ2v) is 8.67. The van der Waals surface area contributed by atoms with E-state index in [0.29, 0.717) is 5.69 Å². The van der Waals surface area contributed by atoms with Crippen molar-refractivity contribution in [1.82, 2.24) is 5.16 Å². The molecule has 10 heteroatoms. The summed E-state index contributed by atoms with van der Waals surface area (Å²) in [5.41, 5.74) is 0.823. The number of hydrogen-bond acceptors (Lipinski definition) is 6. The van der Waals surface area contributed by atoms with Gasteiger partial charge < -0.3 is 4.52 Å². The first kappa shape index (κ1) is 17.3. The molecule has 2 rings (SSSR count). The standard InChI is InChI=1S/C13H17N3O5S2/c1-9-13(10(2)21-14-9)23(19,20)15-11-6-5-7-12(8-11)16(3)22(4,17)18/h5-8,15H,1-4H3. The van der Waals surface area contributed by atoms with Crippen molar-refractivity contribution in [1.29, 1.82) is 0 Å². The van der Waals surface area contributed by atoms with Gasteiger partial charge in [-0.3, -0.25) is 9.03 Å². The quantitative estimate of drug-likeness (QED) is 0.866. The fourth-order valence-corrected chi connectivity index (χ4v) is 3.90. The van der Waals surface area contributed by atoms with Crippen LogP contribution in [0.3, 0.4) is 0 Å². The maximum Gasteiger partial charge on any atom is 0.267 e. The van der Waals surface area contributed by atoms with E-state index in [1.54, 1.807) is 12.1 Å². The van der Waals surface area contributed by atoms with Crippen LogP contribution in [-0.2, 0) is 20.0 Å². The molecule has 0 aliphatic heterocycles. The molecule has 0 unspecified atom stereocenters. The van der Waals surface area contributed by atoms with Crippen molar-refractivity contribution in [3.05, 3.63) is 35.7 Å². The monoisotopic (exact) mass is 359 g/mol. The molecule has 1 aromatic carbocycles. The van der Waals surface area contributed by atoms with Gasteiger partial charge in [0.1, 0.15) is 5.69 Å². The van der Waals surface area contributed by atoms with Crippen molar-refractivity contribution in [2.45, 2.75) is 18.7 Å². The van der Waals surface area contributed by atoms with Crippen LogP contribution in [0.1, 0.15) is 11.5 Å². The van der Waals surface area contributed by atoms with Gasteiger partial charge in [-0.25, -0.2) is 16.8 Å². The zero-order chi connectivity index (χ0) is 17.4. The summed E-state index contributed by atoms with van der Waals surface area (Å²) in [6, 6.07) is 6.07. The molecule has 0 saturated heterocycles. The smallest absolute Gasteiger partial charge is 0.267 e. The molecule has 8 nitrogen and oxygen atoms in total. The molecule has 126 valence electrons. The Bertz CT molecular complexity index is 913. The lowest BCUT2D eigenvalue weighted by Crippen LogP contribution is -2.25. The number of hydrogen-bond donors (Lipinski definition) is 1. The van der Waals surface area contributed by atoms with Crippen LogP contribution in [0.2, 0.25) is 0 Å². The highest BCUT2D eigenvalue weighted by atomic mass is 32.2. The van der Waals surface area contributed by atoms with E-state index in [0.717, 1.165) is 10.6 Å². The largest absolute Gasteiger partial charge is 0.360 e. The second kappa shape index (κ2) is 5.85. The average Bonchev–Trinajstić information content (AvgIpc) is 2.76. The first-order valence-corrected chi connectivity index (χ1v) is 9.85. The summed E-state index contributed by atoms with van der Waals surface area (Å²) >= 11 is 0. The van der Waals surface area contributed by atoms with Crippen LogP contribution in [0.25, 0.3) is 0 Å². The molecule has 0 aliphatic rings. The molecule has 0 radical (unpaired) electrons. The van der Waals surface area contributed by atoms with E-state index in [1.807, 2.05) is 0 Å². The number of benzene rings is 1. The number of nitrogens with zero attached hydrogens (tertiary/aromatic N) is 2. The summed E-state index contributed by atoms with van der Waals surface area (Å²) in [5.74, 6) is 0.180. The van der Waals surface area contributed by atoms with Crippen molar-refractivity contribution in [3.63, 3.8) is 0 Å². The minimum absolute atomic E-state index is 0.0284. The van der Waals surface area contributed by atoms with E-state index in [9.17, 15) is 16.8 Å². The summed E-state index contributed by atoms with van der Waals surface area (Å²) in [6.45, 7) is 3.03. The van der Waals surface area contributed by atoms with Gasteiger partial charge in [-0.15, -0.1) is 0 Å². The maximum atomic E-state index is 12.4. The van der Waals surface area contributed by atoms with Gasteiger partial charge >= 0.3 is 0 Å². The summed E-state index contributed by atoms with van der Waals surface area (Å²) in [5, 5.41) is 3.62. The Hall–Kier alpha value is -2.07. The van der Waals surface area contributed by atoms with Gasteiger partial charge in [-0.1, -0.05) is 11.2 Å². The number of sulfonamides is 2. The highest BCUT2D eigenvalue weighted by Gasteiger charge is 2.24. The van der Waals surface area contributed by atoms with Crippen molar-refractivity contribution in [3.8, 4) is 0 Å². The number of nitrogens with one attached hydrogen (secondary N) is 1. The van der Waals surface area contributed by atoms with Crippen molar-refractivity contribution < 1.29 is 21.4 Å². The second-order valence-electron chi connectivity index (χ2n) is 5.04. The van der Waals surface area contributed by atoms with E-state index in [4.69, 9.17) is 4.52 Å². The van der Waals surface area contributed by atoms with Crippen LogP contribution >= 0.6 is 0 Å². The molecule has 0 saturated carbocycles. The third-order valence-electron chi connectivity index (χ3n) is 3.20. The molecule has 0 amide bonds. The summed E-state index contributed by atoms with van der Waals surface area (Å²) in [4.78, 5) is -0.0284. The Labute approximate surface area is 135 Å². The van der Waals surface area contributed by atoms with Crippen LogP contribution < -0.4 is 9.03 Å². The zero-order valence-electron chi connectivity index (χ0n) is 13.1. The van der Waals surface area contributed by atoms with Gasteiger partial charge in [0.05, 0.1) is 17.6 Å². The first-order valence-electron chi connectivity index (χ1n) is 6.52. The fourth-order valence-electron chi connectivity index (χ4n) is 2.02. The number of rotatable bonds is 5. The Balaban J connectivity index is 2.38.